The van der Waals surface area contributed by atoms with E-state index in [1.165, 1.54) is 0 Å². The Morgan fingerprint density at radius 1 is 0.500 bits per heavy atom. The van der Waals surface area contributed by atoms with Crippen molar-refractivity contribution in [3.05, 3.63) is 109 Å². The number of para-hydroxylation sites is 2. The number of pyridine rings is 1. The van der Waals surface area contributed by atoms with E-state index in [9.17, 15) is 0 Å². The quantitative estimate of drug-likeness (QED) is 0.354. The van der Waals surface area contributed by atoms with Gasteiger partial charge in [-0.15, -0.1) is 10.2 Å². The smallest absolute Gasteiger partial charge is 0.248 e. The molecule has 0 aliphatic rings. The Morgan fingerprint density at radius 2 is 0.967 bits per heavy atom. The van der Waals surface area contributed by atoms with Crippen LogP contribution in [0.4, 0.5) is 17.1 Å². The predicted molar refractivity (Wildman–Crippen MR) is 118 cm³/mol. The first kappa shape index (κ1) is 17.8. The van der Waals surface area contributed by atoms with Crippen molar-refractivity contribution in [3.8, 4) is 22.9 Å². The summed E-state index contributed by atoms with van der Waals surface area (Å²) < 4.78 is 5.86. The van der Waals surface area contributed by atoms with Crippen molar-refractivity contribution in [1.29, 1.82) is 0 Å². The van der Waals surface area contributed by atoms with Gasteiger partial charge in [-0.2, -0.15) is 0 Å². The number of rotatable bonds is 5. The summed E-state index contributed by atoms with van der Waals surface area (Å²) in [5.41, 5.74) is 4.95. The summed E-state index contributed by atoms with van der Waals surface area (Å²) in [6.45, 7) is 0. The van der Waals surface area contributed by atoms with Crippen LogP contribution in [0.5, 0.6) is 0 Å². The van der Waals surface area contributed by atoms with E-state index in [1.54, 1.807) is 12.4 Å². The molecule has 0 saturated carbocycles. The van der Waals surface area contributed by atoms with Crippen LogP contribution in [-0.2, 0) is 0 Å². The summed E-state index contributed by atoms with van der Waals surface area (Å²) in [5, 5.41) is 8.36. The van der Waals surface area contributed by atoms with E-state index in [1.807, 2.05) is 60.7 Å². The van der Waals surface area contributed by atoms with E-state index in [0.717, 1.165) is 28.2 Å². The molecule has 0 N–H and O–H groups in total. The SMILES string of the molecule is c1ccc(N(c2ccccc2)c2ccc(-c3nnc(-c4ccncc4)o3)cc2)cc1. The topological polar surface area (TPSA) is 55.1 Å². The number of hydrogen-bond donors (Lipinski definition) is 0. The second-order valence-electron chi connectivity index (χ2n) is 6.70. The van der Waals surface area contributed by atoms with Crippen LogP contribution < -0.4 is 4.90 Å². The van der Waals surface area contributed by atoms with Crippen molar-refractivity contribution in [2.45, 2.75) is 0 Å². The van der Waals surface area contributed by atoms with Gasteiger partial charge in [0.15, 0.2) is 0 Å². The molecule has 5 aromatic rings. The zero-order valence-corrected chi connectivity index (χ0v) is 16.1. The third-order valence-corrected chi connectivity index (χ3v) is 4.75. The van der Waals surface area contributed by atoms with Crippen LogP contribution in [0.3, 0.4) is 0 Å². The predicted octanol–water partition coefficient (Wildman–Crippen LogP) is 6.27. The largest absolute Gasteiger partial charge is 0.416 e. The first-order chi connectivity index (χ1) is 14.9. The molecule has 0 aliphatic heterocycles. The summed E-state index contributed by atoms with van der Waals surface area (Å²) in [4.78, 5) is 6.23. The monoisotopic (exact) mass is 390 g/mol. The number of benzene rings is 3. The molecule has 0 bridgehead atoms. The number of nitrogens with zero attached hydrogens (tertiary/aromatic N) is 4. The minimum atomic E-state index is 0.478. The lowest BCUT2D eigenvalue weighted by atomic mass is 10.1. The average Bonchev–Trinajstić information content (AvgIpc) is 3.32. The van der Waals surface area contributed by atoms with Crippen LogP contribution in [0.25, 0.3) is 22.9 Å². The number of hydrogen-bond acceptors (Lipinski definition) is 5. The van der Waals surface area contributed by atoms with E-state index in [4.69, 9.17) is 4.42 Å². The fourth-order valence-corrected chi connectivity index (χ4v) is 3.31. The third kappa shape index (κ3) is 3.56. The molecule has 0 aliphatic carbocycles. The zero-order valence-electron chi connectivity index (χ0n) is 16.1. The standard InChI is InChI=1S/C25H18N4O/c1-3-7-21(8-4-1)29(22-9-5-2-6-10-22)23-13-11-19(12-14-23)24-27-28-25(30-24)20-15-17-26-18-16-20/h1-18H. The van der Waals surface area contributed by atoms with Gasteiger partial charge in [-0.1, -0.05) is 36.4 Å². The second-order valence-corrected chi connectivity index (χ2v) is 6.70. The van der Waals surface area contributed by atoms with E-state index in [0.29, 0.717) is 11.8 Å². The summed E-state index contributed by atoms with van der Waals surface area (Å²) in [7, 11) is 0. The van der Waals surface area contributed by atoms with Crippen molar-refractivity contribution in [1.82, 2.24) is 15.2 Å². The molecule has 5 nitrogen and oxygen atoms in total. The summed E-state index contributed by atoms with van der Waals surface area (Å²) in [6.07, 6.45) is 3.41. The number of anilines is 3. The molecule has 0 saturated heterocycles. The van der Waals surface area contributed by atoms with Gasteiger partial charge in [-0.05, 0) is 60.7 Å². The molecular formula is C25H18N4O. The lowest BCUT2D eigenvalue weighted by Gasteiger charge is -2.25. The molecule has 0 amide bonds. The van der Waals surface area contributed by atoms with Crippen LogP contribution in [0.15, 0.2) is 114 Å². The van der Waals surface area contributed by atoms with Crippen molar-refractivity contribution in [2.24, 2.45) is 0 Å². The highest BCUT2D eigenvalue weighted by Crippen LogP contribution is 2.35. The Kier molecular flexibility index (Phi) is 4.76. The molecule has 0 unspecified atom stereocenters. The molecule has 0 fully saturated rings. The van der Waals surface area contributed by atoms with E-state index in [-0.39, 0.29) is 0 Å². The number of aromatic nitrogens is 3. The Bertz CT molecular complexity index is 1180. The normalized spacial score (nSPS) is 10.7. The third-order valence-electron chi connectivity index (χ3n) is 4.75. The molecule has 30 heavy (non-hydrogen) atoms. The van der Waals surface area contributed by atoms with Crippen LogP contribution in [0.1, 0.15) is 0 Å². The second kappa shape index (κ2) is 8.01. The van der Waals surface area contributed by atoms with Crippen molar-refractivity contribution >= 4 is 17.1 Å². The average molecular weight is 390 g/mol. The molecule has 0 radical (unpaired) electrons. The van der Waals surface area contributed by atoms with Gasteiger partial charge in [0.25, 0.3) is 0 Å². The molecule has 2 heterocycles. The fraction of sp³-hybridized carbons (Fsp3) is 0. The van der Waals surface area contributed by atoms with Gasteiger partial charge in [0.05, 0.1) is 0 Å². The molecule has 5 heteroatoms. The van der Waals surface area contributed by atoms with Crippen molar-refractivity contribution < 1.29 is 4.42 Å². The van der Waals surface area contributed by atoms with Crippen molar-refractivity contribution in [3.63, 3.8) is 0 Å². The Labute approximate surface area is 174 Å². The highest BCUT2D eigenvalue weighted by molar-refractivity contribution is 5.77. The van der Waals surface area contributed by atoms with E-state index in [2.05, 4.69) is 56.5 Å². The van der Waals surface area contributed by atoms with Gasteiger partial charge in [-0.3, -0.25) is 4.98 Å². The minimum absolute atomic E-state index is 0.478. The highest BCUT2D eigenvalue weighted by atomic mass is 16.4. The zero-order chi connectivity index (χ0) is 20.2. The maximum Gasteiger partial charge on any atom is 0.248 e. The summed E-state index contributed by atoms with van der Waals surface area (Å²) >= 11 is 0. The minimum Gasteiger partial charge on any atom is -0.416 e. The lowest BCUT2D eigenvalue weighted by Crippen LogP contribution is -2.09. The van der Waals surface area contributed by atoms with Crippen LogP contribution in [0.2, 0.25) is 0 Å². The highest BCUT2D eigenvalue weighted by Gasteiger charge is 2.14. The van der Waals surface area contributed by atoms with Crippen molar-refractivity contribution in [2.75, 3.05) is 4.90 Å². The summed E-state index contributed by atoms with van der Waals surface area (Å²) in [5.74, 6) is 0.964. The summed E-state index contributed by atoms with van der Waals surface area (Å²) in [6, 6.07) is 32.4. The Balaban J connectivity index is 1.48. The first-order valence-electron chi connectivity index (χ1n) is 9.63. The Hall–Kier alpha value is -4.25. The molecule has 0 spiro atoms. The fourth-order valence-electron chi connectivity index (χ4n) is 3.31. The lowest BCUT2D eigenvalue weighted by molar-refractivity contribution is 0.584. The van der Waals surface area contributed by atoms with Gasteiger partial charge in [0, 0.05) is 40.6 Å². The molecule has 5 rings (SSSR count). The molecule has 0 atom stereocenters. The maximum atomic E-state index is 5.86. The Morgan fingerprint density at radius 3 is 1.50 bits per heavy atom. The van der Waals surface area contributed by atoms with E-state index < -0.39 is 0 Å². The maximum absolute atomic E-state index is 5.86. The van der Waals surface area contributed by atoms with Gasteiger partial charge in [-0.25, -0.2) is 0 Å². The molecular weight excluding hydrogens is 372 g/mol. The molecule has 2 aromatic heterocycles. The van der Waals surface area contributed by atoms with Crippen LogP contribution in [-0.4, -0.2) is 15.2 Å². The van der Waals surface area contributed by atoms with E-state index >= 15 is 0 Å². The first-order valence-corrected chi connectivity index (χ1v) is 9.63. The van der Waals surface area contributed by atoms with Gasteiger partial charge < -0.3 is 9.32 Å². The van der Waals surface area contributed by atoms with Crippen LogP contribution in [0, 0.1) is 0 Å². The molecule has 144 valence electrons. The van der Waals surface area contributed by atoms with Gasteiger partial charge >= 0.3 is 0 Å². The van der Waals surface area contributed by atoms with Crippen LogP contribution >= 0.6 is 0 Å². The molecule has 3 aromatic carbocycles. The van der Waals surface area contributed by atoms with Gasteiger partial charge in [0.2, 0.25) is 11.8 Å². The van der Waals surface area contributed by atoms with Gasteiger partial charge in [0.1, 0.15) is 0 Å².